The standard InChI is InChI=1S/C9H11N5O/c1-3-7-12-9(15)13-14(7)8-4-6(2)10-5-11-8/h4-5H,3H2,1-2H3,(H,13,15). The zero-order valence-corrected chi connectivity index (χ0v) is 8.56. The molecule has 0 atom stereocenters. The second kappa shape index (κ2) is 3.64. The first kappa shape index (κ1) is 9.57. The van der Waals surface area contributed by atoms with Gasteiger partial charge in [-0.05, 0) is 6.92 Å². The van der Waals surface area contributed by atoms with E-state index in [-0.39, 0.29) is 5.69 Å². The Bertz CT molecular complexity index is 527. The fourth-order valence-corrected chi connectivity index (χ4v) is 1.34. The summed E-state index contributed by atoms with van der Waals surface area (Å²) in [6.45, 7) is 3.80. The lowest BCUT2D eigenvalue weighted by Crippen LogP contribution is -2.07. The van der Waals surface area contributed by atoms with Crippen molar-refractivity contribution in [2.75, 3.05) is 0 Å². The molecule has 6 nitrogen and oxygen atoms in total. The van der Waals surface area contributed by atoms with Crippen molar-refractivity contribution in [1.29, 1.82) is 0 Å². The molecular formula is C9H11N5O. The minimum atomic E-state index is -0.358. The first-order chi connectivity index (χ1) is 7.20. The second-order valence-electron chi connectivity index (χ2n) is 3.15. The highest BCUT2D eigenvalue weighted by atomic mass is 16.1. The van der Waals surface area contributed by atoms with E-state index in [1.54, 1.807) is 10.7 Å². The Morgan fingerprint density at radius 2 is 2.27 bits per heavy atom. The molecule has 0 amide bonds. The molecule has 0 saturated heterocycles. The highest BCUT2D eigenvalue weighted by Gasteiger charge is 2.07. The van der Waals surface area contributed by atoms with Gasteiger partial charge >= 0.3 is 5.69 Å². The van der Waals surface area contributed by atoms with Crippen LogP contribution in [-0.4, -0.2) is 24.7 Å². The van der Waals surface area contributed by atoms with Crippen LogP contribution in [-0.2, 0) is 6.42 Å². The number of aromatic nitrogens is 5. The van der Waals surface area contributed by atoms with Crippen LogP contribution in [0.3, 0.4) is 0 Å². The van der Waals surface area contributed by atoms with Crippen molar-refractivity contribution in [3.8, 4) is 5.82 Å². The summed E-state index contributed by atoms with van der Waals surface area (Å²) in [6, 6.07) is 1.79. The SMILES string of the molecule is CCc1nc(=O)[nH]n1-c1cc(C)ncn1. The van der Waals surface area contributed by atoms with Gasteiger partial charge in [-0.1, -0.05) is 6.92 Å². The maximum atomic E-state index is 11.1. The fraction of sp³-hybridized carbons (Fsp3) is 0.333. The number of nitrogens with zero attached hydrogens (tertiary/aromatic N) is 4. The molecule has 0 aliphatic heterocycles. The number of rotatable bonds is 2. The molecule has 2 heterocycles. The summed E-state index contributed by atoms with van der Waals surface area (Å²) in [6.07, 6.45) is 2.13. The van der Waals surface area contributed by atoms with Gasteiger partial charge in [0.15, 0.2) is 5.82 Å². The number of aryl methyl sites for hydroxylation is 2. The molecule has 2 aromatic rings. The number of H-pyrrole nitrogens is 1. The van der Waals surface area contributed by atoms with Crippen LogP contribution in [0.15, 0.2) is 17.2 Å². The predicted molar refractivity (Wildman–Crippen MR) is 53.9 cm³/mol. The van der Waals surface area contributed by atoms with Gasteiger partial charge in [-0.2, -0.15) is 4.98 Å². The average molecular weight is 205 g/mol. The number of aromatic amines is 1. The van der Waals surface area contributed by atoms with Crippen LogP contribution in [0.5, 0.6) is 0 Å². The number of nitrogens with one attached hydrogen (secondary N) is 1. The van der Waals surface area contributed by atoms with Gasteiger partial charge in [-0.25, -0.2) is 24.5 Å². The normalized spacial score (nSPS) is 10.5. The van der Waals surface area contributed by atoms with Crippen LogP contribution in [0.4, 0.5) is 0 Å². The monoisotopic (exact) mass is 205 g/mol. The molecule has 0 aliphatic carbocycles. The molecule has 6 heteroatoms. The lowest BCUT2D eigenvalue weighted by atomic mass is 10.4. The topological polar surface area (TPSA) is 76.5 Å². The Morgan fingerprint density at radius 3 is 2.93 bits per heavy atom. The summed E-state index contributed by atoms with van der Waals surface area (Å²) in [5, 5.41) is 2.60. The fourth-order valence-electron chi connectivity index (χ4n) is 1.34. The first-order valence-electron chi connectivity index (χ1n) is 4.67. The molecule has 0 spiro atoms. The van der Waals surface area contributed by atoms with Crippen molar-refractivity contribution in [3.63, 3.8) is 0 Å². The van der Waals surface area contributed by atoms with Crippen LogP contribution in [0, 0.1) is 6.92 Å². The Kier molecular flexibility index (Phi) is 2.32. The second-order valence-corrected chi connectivity index (χ2v) is 3.15. The third-order valence-corrected chi connectivity index (χ3v) is 2.03. The van der Waals surface area contributed by atoms with E-state index >= 15 is 0 Å². The molecule has 0 bridgehead atoms. The van der Waals surface area contributed by atoms with Crippen LogP contribution >= 0.6 is 0 Å². The zero-order valence-electron chi connectivity index (χ0n) is 8.56. The van der Waals surface area contributed by atoms with Gasteiger partial charge in [0.05, 0.1) is 0 Å². The van der Waals surface area contributed by atoms with Gasteiger partial charge in [0.25, 0.3) is 0 Å². The maximum Gasteiger partial charge on any atom is 0.361 e. The van der Waals surface area contributed by atoms with Crippen molar-refractivity contribution < 1.29 is 0 Å². The molecular weight excluding hydrogens is 194 g/mol. The van der Waals surface area contributed by atoms with E-state index in [9.17, 15) is 4.79 Å². The van der Waals surface area contributed by atoms with Gasteiger partial charge in [0.1, 0.15) is 12.2 Å². The van der Waals surface area contributed by atoms with Gasteiger partial charge < -0.3 is 0 Å². The maximum absolute atomic E-state index is 11.1. The molecule has 0 unspecified atom stereocenters. The third kappa shape index (κ3) is 1.78. The van der Waals surface area contributed by atoms with E-state index in [1.165, 1.54) is 6.33 Å². The summed E-state index contributed by atoms with van der Waals surface area (Å²) in [5.74, 6) is 1.30. The van der Waals surface area contributed by atoms with E-state index in [1.807, 2.05) is 13.8 Å². The summed E-state index contributed by atoms with van der Waals surface area (Å²) in [4.78, 5) is 23.0. The molecule has 0 saturated carbocycles. The molecule has 0 aliphatic rings. The van der Waals surface area contributed by atoms with E-state index in [2.05, 4.69) is 20.1 Å². The molecule has 78 valence electrons. The Balaban J connectivity index is 2.57. The molecule has 1 N–H and O–H groups in total. The quantitative estimate of drug-likeness (QED) is 0.761. The minimum absolute atomic E-state index is 0.358. The van der Waals surface area contributed by atoms with Crippen LogP contribution in [0.2, 0.25) is 0 Å². The van der Waals surface area contributed by atoms with Gasteiger partial charge in [0, 0.05) is 18.2 Å². The summed E-state index contributed by atoms with van der Waals surface area (Å²) < 4.78 is 1.58. The van der Waals surface area contributed by atoms with E-state index in [4.69, 9.17) is 0 Å². The van der Waals surface area contributed by atoms with E-state index < -0.39 is 0 Å². The largest absolute Gasteiger partial charge is 0.361 e. The van der Waals surface area contributed by atoms with Gasteiger partial charge in [-0.3, -0.25) is 0 Å². The molecule has 15 heavy (non-hydrogen) atoms. The lowest BCUT2D eigenvalue weighted by Gasteiger charge is -2.03. The molecule has 2 aromatic heterocycles. The lowest BCUT2D eigenvalue weighted by molar-refractivity contribution is 0.768. The average Bonchev–Trinajstić information content (AvgIpc) is 2.59. The number of hydrogen-bond donors (Lipinski definition) is 1. The van der Waals surface area contributed by atoms with Crippen LogP contribution < -0.4 is 5.69 Å². The first-order valence-corrected chi connectivity index (χ1v) is 4.67. The van der Waals surface area contributed by atoms with Crippen LogP contribution in [0.25, 0.3) is 5.82 Å². The smallest absolute Gasteiger partial charge is 0.244 e. The zero-order chi connectivity index (χ0) is 10.8. The predicted octanol–water partition coefficient (Wildman–Crippen LogP) is 0.221. The summed E-state index contributed by atoms with van der Waals surface area (Å²) in [5.41, 5.74) is 0.486. The summed E-state index contributed by atoms with van der Waals surface area (Å²) in [7, 11) is 0. The van der Waals surface area contributed by atoms with Crippen molar-refractivity contribution in [2.24, 2.45) is 0 Å². The molecule has 0 fully saturated rings. The minimum Gasteiger partial charge on any atom is -0.244 e. The molecule has 2 rings (SSSR count). The van der Waals surface area contributed by atoms with Crippen molar-refractivity contribution in [2.45, 2.75) is 20.3 Å². The Morgan fingerprint density at radius 1 is 1.47 bits per heavy atom. The highest BCUT2D eigenvalue weighted by molar-refractivity contribution is 5.22. The van der Waals surface area contributed by atoms with Crippen molar-refractivity contribution >= 4 is 0 Å². The van der Waals surface area contributed by atoms with Crippen molar-refractivity contribution in [3.05, 3.63) is 34.4 Å². The van der Waals surface area contributed by atoms with E-state index in [0.29, 0.717) is 18.1 Å². The highest BCUT2D eigenvalue weighted by Crippen LogP contribution is 2.04. The molecule has 0 radical (unpaired) electrons. The van der Waals surface area contributed by atoms with E-state index in [0.717, 1.165) is 5.69 Å². The molecule has 0 aromatic carbocycles. The van der Waals surface area contributed by atoms with Gasteiger partial charge in [-0.15, -0.1) is 0 Å². The third-order valence-electron chi connectivity index (χ3n) is 2.03. The van der Waals surface area contributed by atoms with Gasteiger partial charge in [0.2, 0.25) is 0 Å². The summed E-state index contributed by atoms with van der Waals surface area (Å²) >= 11 is 0. The Hall–Kier alpha value is -1.98. The van der Waals surface area contributed by atoms with Crippen LogP contribution in [0.1, 0.15) is 18.4 Å². The number of hydrogen-bond acceptors (Lipinski definition) is 4. The van der Waals surface area contributed by atoms with Crippen molar-refractivity contribution in [1.82, 2.24) is 24.7 Å². The Labute approximate surface area is 86.0 Å².